The van der Waals surface area contributed by atoms with Crippen molar-refractivity contribution in [2.45, 2.75) is 45.2 Å². The van der Waals surface area contributed by atoms with Crippen LogP contribution in [0.1, 0.15) is 43.5 Å². The van der Waals surface area contributed by atoms with Crippen molar-refractivity contribution < 1.29 is 9.59 Å². The Morgan fingerprint density at radius 2 is 2.10 bits per heavy atom. The van der Waals surface area contributed by atoms with Gasteiger partial charge in [0, 0.05) is 17.3 Å². The van der Waals surface area contributed by atoms with E-state index < -0.39 is 6.04 Å². The summed E-state index contributed by atoms with van der Waals surface area (Å²) in [5, 5.41) is 5.70. The maximum absolute atomic E-state index is 12.0. The lowest BCUT2D eigenvalue weighted by molar-refractivity contribution is -0.118. The summed E-state index contributed by atoms with van der Waals surface area (Å²) in [6, 6.07) is 6.70. The summed E-state index contributed by atoms with van der Waals surface area (Å²) >= 11 is 0. The van der Waals surface area contributed by atoms with Gasteiger partial charge in [-0.15, -0.1) is 0 Å². The number of carbonyl (C=O) groups is 2. The lowest BCUT2D eigenvalue weighted by Crippen LogP contribution is -2.40. The van der Waals surface area contributed by atoms with E-state index in [1.165, 1.54) is 0 Å². The molecule has 5 nitrogen and oxygen atoms in total. The van der Waals surface area contributed by atoms with Crippen molar-refractivity contribution >= 4 is 17.5 Å². The minimum absolute atomic E-state index is 0.0974. The van der Waals surface area contributed by atoms with Crippen LogP contribution < -0.4 is 16.4 Å². The van der Waals surface area contributed by atoms with Crippen LogP contribution in [0.5, 0.6) is 0 Å². The molecular formula is C16H23N3O2. The number of nitrogens with two attached hydrogens (primary N) is 1. The average Bonchev–Trinajstić information content (AvgIpc) is 3.29. The van der Waals surface area contributed by atoms with Crippen LogP contribution in [0.2, 0.25) is 0 Å². The largest absolute Gasteiger partial charge is 0.349 e. The number of anilines is 1. The summed E-state index contributed by atoms with van der Waals surface area (Å²) in [5.41, 5.74) is 7.05. The molecule has 1 fully saturated rings. The molecule has 0 saturated heterocycles. The monoisotopic (exact) mass is 289 g/mol. The van der Waals surface area contributed by atoms with E-state index in [1.54, 1.807) is 24.3 Å². The Hall–Kier alpha value is -1.88. The molecule has 0 radical (unpaired) electrons. The molecule has 5 heteroatoms. The van der Waals surface area contributed by atoms with E-state index in [0.29, 0.717) is 17.3 Å². The predicted molar refractivity (Wildman–Crippen MR) is 83.0 cm³/mol. The quantitative estimate of drug-likeness (QED) is 0.747. The average molecular weight is 289 g/mol. The number of hydrogen-bond acceptors (Lipinski definition) is 3. The summed E-state index contributed by atoms with van der Waals surface area (Å²) in [6.45, 7) is 3.95. The van der Waals surface area contributed by atoms with E-state index in [4.69, 9.17) is 5.73 Å². The van der Waals surface area contributed by atoms with Gasteiger partial charge in [-0.25, -0.2) is 0 Å². The number of rotatable bonds is 6. The highest BCUT2D eigenvalue weighted by Gasteiger charge is 2.24. The lowest BCUT2D eigenvalue weighted by atomic mass is 9.99. The molecule has 4 N–H and O–H groups in total. The number of hydrogen-bond donors (Lipinski definition) is 3. The zero-order valence-electron chi connectivity index (χ0n) is 12.6. The molecule has 21 heavy (non-hydrogen) atoms. The molecule has 2 amide bonds. The second-order valence-electron chi connectivity index (χ2n) is 5.73. The van der Waals surface area contributed by atoms with Crippen LogP contribution in [0.3, 0.4) is 0 Å². The first-order valence-corrected chi connectivity index (χ1v) is 7.48. The van der Waals surface area contributed by atoms with E-state index in [0.717, 1.165) is 19.3 Å². The van der Waals surface area contributed by atoms with Gasteiger partial charge in [0.05, 0.1) is 6.04 Å². The zero-order valence-corrected chi connectivity index (χ0v) is 12.6. The Balaban J connectivity index is 1.99. The molecule has 0 unspecified atom stereocenters. The van der Waals surface area contributed by atoms with Crippen LogP contribution in [0.4, 0.5) is 5.69 Å². The summed E-state index contributed by atoms with van der Waals surface area (Å²) in [6.07, 6.45) is 2.94. The van der Waals surface area contributed by atoms with Crippen LogP contribution in [0.15, 0.2) is 24.3 Å². The molecule has 0 spiro atoms. The summed E-state index contributed by atoms with van der Waals surface area (Å²) in [7, 11) is 0. The van der Waals surface area contributed by atoms with Crippen molar-refractivity contribution in [1.82, 2.24) is 5.32 Å². The van der Waals surface area contributed by atoms with Crippen LogP contribution >= 0.6 is 0 Å². The maximum Gasteiger partial charge on any atom is 0.251 e. The summed E-state index contributed by atoms with van der Waals surface area (Å²) in [5.74, 6) is -0.199. The normalized spacial score (nSPS) is 16.9. The van der Waals surface area contributed by atoms with Gasteiger partial charge < -0.3 is 16.4 Å². The first kappa shape index (κ1) is 15.5. The van der Waals surface area contributed by atoms with Crippen molar-refractivity contribution in [2.75, 3.05) is 5.32 Å². The topological polar surface area (TPSA) is 84.2 Å². The zero-order chi connectivity index (χ0) is 15.4. The van der Waals surface area contributed by atoms with Gasteiger partial charge in [-0.2, -0.15) is 0 Å². The highest BCUT2D eigenvalue weighted by molar-refractivity contribution is 5.98. The highest BCUT2D eigenvalue weighted by Crippen LogP contribution is 2.20. The van der Waals surface area contributed by atoms with E-state index in [2.05, 4.69) is 10.6 Å². The van der Waals surface area contributed by atoms with Crippen LogP contribution in [-0.2, 0) is 4.79 Å². The molecule has 2 atom stereocenters. The summed E-state index contributed by atoms with van der Waals surface area (Å²) in [4.78, 5) is 24.0. The minimum atomic E-state index is -0.543. The van der Waals surface area contributed by atoms with Crippen molar-refractivity contribution in [3.63, 3.8) is 0 Å². The smallest absolute Gasteiger partial charge is 0.251 e. The number of carbonyl (C=O) groups excluding carboxylic acids is 2. The van der Waals surface area contributed by atoms with Gasteiger partial charge in [-0.1, -0.05) is 26.3 Å². The number of amides is 2. The molecular weight excluding hydrogens is 266 g/mol. The fourth-order valence-electron chi connectivity index (χ4n) is 1.97. The number of nitrogens with one attached hydrogen (secondary N) is 2. The minimum Gasteiger partial charge on any atom is -0.349 e. The second kappa shape index (κ2) is 6.72. The van der Waals surface area contributed by atoms with Gasteiger partial charge in [-0.3, -0.25) is 9.59 Å². The predicted octanol–water partition coefficient (Wildman–Crippen LogP) is 1.89. The Morgan fingerprint density at radius 1 is 1.38 bits per heavy atom. The van der Waals surface area contributed by atoms with Crippen LogP contribution in [0, 0.1) is 5.92 Å². The van der Waals surface area contributed by atoms with Crippen molar-refractivity contribution in [3.8, 4) is 0 Å². The molecule has 1 aromatic rings. The first-order chi connectivity index (χ1) is 10.0. The van der Waals surface area contributed by atoms with E-state index in [1.807, 2.05) is 13.8 Å². The lowest BCUT2D eigenvalue weighted by Gasteiger charge is -2.18. The molecule has 0 heterocycles. The Labute approximate surface area is 125 Å². The highest BCUT2D eigenvalue weighted by atomic mass is 16.2. The molecule has 0 aromatic heterocycles. The van der Waals surface area contributed by atoms with Gasteiger partial charge in [0.15, 0.2) is 0 Å². The molecule has 1 aliphatic carbocycles. The van der Waals surface area contributed by atoms with Gasteiger partial charge in [0.2, 0.25) is 5.91 Å². The molecule has 114 valence electrons. The second-order valence-corrected chi connectivity index (χ2v) is 5.73. The Bertz CT molecular complexity index is 526. The molecule has 2 rings (SSSR count). The fourth-order valence-corrected chi connectivity index (χ4v) is 1.97. The molecule has 0 aliphatic heterocycles. The third kappa shape index (κ3) is 4.29. The van der Waals surface area contributed by atoms with E-state index >= 15 is 0 Å². The van der Waals surface area contributed by atoms with Crippen LogP contribution in [0.25, 0.3) is 0 Å². The van der Waals surface area contributed by atoms with E-state index in [9.17, 15) is 9.59 Å². The van der Waals surface area contributed by atoms with Gasteiger partial charge in [0.1, 0.15) is 0 Å². The molecule has 1 aromatic carbocycles. The van der Waals surface area contributed by atoms with Crippen molar-refractivity contribution in [1.29, 1.82) is 0 Å². The number of benzene rings is 1. The third-order valence-electron chi connectivity index (χ3n) is 3.86. The maximum atomic E-state index is 12.0. The van der Waals surface area contributed by atoms with Gasteiger partial charge in [0.25, 0.3) is 5.91 Å². The summed E-state index contributed by atoms with van der Waals surface area (Å²) < 4.78 is 0. The Morgan fingerprint density at radius 3 is 2.71 bits per heavy atom. The molecule has 1 saturated carbocycles. The fraction of sp³-hybridized carbons (Fsp3) is 0.500. The molecule has 0 bridgehead atoms. The standard InChI is InChI=1S/C16H23N3O2/c1-3-10(2)14(17)16(21)19-13-6-4-5-11(9-13)15(20)18-12-7-8-12/h4-6,9-10,12,14H,3,7-8,17H2,1-2H3,(H,18,20)(H,19,21)/t10-,14-/m0/s1. The SMILES string of the molecule is CC[C@H](C)[C@H](N)C(=O)Nc1cccc(C(=O)NC2CC2)c1. The third-order valence-corrected chi connectivity index (χ3v) is 3.86. The first-order valence-electron chi connectivity index (χ1n) is 7.48. The molecule has 1 aliphatic rings. The van der Waals surface area contributed by atoms with Gasteiger partial charge in [-0.05, 0) is 37.0 Å². The van der Waals surface area contributed by atoms with Crippen molar-refractivity contribution in [3.05, 3.63) is 29.8 Å². The van der Waals surface area contributed by atoms with Crippen molar-refractivity contribution in [2.24, 2.45) is 11.7 Å². The van der Waals surface area contributed by atoms with E-state index in [-0.39, 0.29) is 17.7 Å². The van der Waals surface area contributed by atoms with Gasteiger partial charge >= 0.3 is 0 Å². The van der Waals surface area contributed by atoms with Crippen LogP contribution in [-0.4, -0.2) is 23.9 Å². The Kier molecular flexibility index (Phi) is 4.96.